The number of hydrogen-bond acceptors (Lipinski definition) is 4. The van der Waals surface area contributed by atoms with Crippen LogP contribution < -0.4 is 9.47 Å². The molecule has 30 heavy (non-hydrogen) atoms. The molecular formula is C25H28N2O3. The van der Waals surface area contributed by atoms with Crippen molar-refractivity contribution in [2.45, 2.75) is 40.8 Å². The van der Waals surface area contributed by atoms with Crippen LogP contribution in [-0.4, -0.2) is 22.7 Å². The summed E-state index contributed by atoms with van der Waals surface area (Å²) in [7, 11) is 1.64. The van der Waals surface area contributed by atoms with E-state index in [1.165, 1.54) is 0 Å². The lowest BCUT2D eigenvalue weighted by molar-refractivity contribution is 0.104. The highest BCUT2D eigenvalue weighted by Crippen LogP contribution is 2.25. The summed E-state index contributed by atoms with van der Waals surface area (Å²) in [4.78, 5) is 12.6. The van der Waals surface area contributed by atoms with E-state index in [2.05, 4.69) is 17.2 Å². The molecule has 0 aliphatic carbocycles. The van der Waals surface area contributed by atoms with Crippen molar-refractivity contribution in [3.8, 4) is 11.5 Å². The zero-order valence-corrected chi connectivity index (χ0v) is 18.2. The van der Waals surface area contributed by atoms with Crippen LogP contribution in [0.15, 0.2) is 48.7 Å². The molecule has 0 saturated heterocycles. The number of rotatable bonds is 8. The predicted molar refractivity (Wildman–Crippen MR) is 119 cm³/mol. The Labute approximate surface area is 178 Å². The van der Waals surface area contributed by atoms with Crippen LogP contribution in [0, 0.1) is 20.8 Å². The summed E-state index contributed by atoms with van der Waals surface area (Å²) in [6.45, 7) is 9.03. The van der Waals surface area contributed by atoms with Gasteiger partial charge in [0.2, 0.25) is 0 Å². The molecule has 0 aliphatic rings. The number of methoxy groups -OCH3 is 1. The molecule has 0 spiro atoms. The van der Waals surface area contributed by atoms with Gasteiger partial charge < -0.3 is 9.47 Å². The van der Waals surface area contributed by atoms with Crippen LogP contribution in [0.4, 0.5) is 0 Å². The Kier molecular flexibility index (Phi) is 6.72. The first-order valence-electron chi connectivity index (χ1n) is 10.0. The van der Waals surface area contributed by atoms with E-state index in [4.69, 9.17) is 9.47 Å². The molecule has 5 nitrogen and oxygen atoms in total. The summed E-state index contributed by atoms with van der Waals surface area (Å²) in [5, 5.41) is 4.34. The van der Waals surface area contributed by atoms with Crippen molar-refractivity contribution >= 4 is 11.9 Å². The smallest absolute Gasteiger partial charge is 0.189 e. The van der Waals surface area contributed by atoms with Crippen LogP contribution in [-0.2, 0) is 13.2 Å². The largest absolute Gasteiger partial charge is 0.496 e. The van der Waals surface area contributed by atoms with Gasteiger partial charge in [0.05, 0.1) is 18.4 Å². The minimum atomic E-state index is -0.0591. The van der Waals surface area contributed by atoms with Crippen molar-refractivity contribution in [1.29, 1.82) is 0 Å². The molecule has 0 fully saturated rings. The van der Waals surface area contributed by atoms with Gasteiger partial charge in [-0.2, -0.15) is 5.10 Å². The van der Waals surface area contributed by atoms with Crippen molar-refractivity contribution in [3.63, 3.8) is 0 Å². The first-order valence-corrected chi connectivity index (χ1v) is 10.0. The van der Waals surface area contributed by atoms with Crippen molar-refractivity contribution in [3.05, 3.63) is 82.2 Å². The molecule has 0 radical (unpaired) electrons. The molecular weight excluding hydrogens is 376 g/mol. The molecule has 2 aromatic carbocycles. The van der Waals surface area contributed by atoms with Gasteiger partial charge in [0, 0.05) is 18.3 Å². The number of ether oxygens (including phenoxy) is 2. The Morgan fingerprint density at radius 2 is 1.90 bits per heavy atom. The third-order valence-electron chi connectivity index (χ3n) is 4.99. The summed E-state index contributed by atoms with van der Waals surface area (Å²) in [6, 6.07) is 11.9. The topological polar surface area (TPSA) is 53.4 Å². The lowest BCUT2D eigenvalue weighted by atomic mass is 10.1. The second-order valence-corrected chi connectivity index (χ2v) is 7.31. The Bertz CT molecular complexity index is 1080. The van der Waals surface area contributed by atoms with Gasteiger partial charge >= 0.3 is 0 Å². The first kappa shape index (κ1) is 21.4. The number of hydrogen-bond donors (Lipinski definition) is 0. The van der Waals surface area contributed by atoms with E-state index in [0.717, 1.165) is 46.0 Å². The maximum Gasteiger partial charge on any atom is 0.189 e. The molecule has 0 saturated carbocycles. The molecule has 0 atom stereocenters. The van der Waals surface area contributed by atoms with Gasteiger partial charge in [-0.25, -0.2) is 0 Å². The minimum Gasteiger partial charge on any atom is -0.496 e. The second kappa shape index (κ2) is 9.44. The monoisotopic (exact) mass is 404 g/mol. The van der Waals surface area contributed by atoms with Crippen molar-refractivity contribution < 1.29 is 14.3 Å². The molecule has 1 heterocycles. The number of ketones is 1. The van der Waals surface area contributed by atoms with Crippen LogP contribution >= 0.6 is 0 Å². The minimum absolute atomic E-state index is 0.0591. The van der Waals surface area contributed by atoms with E-state index >= 15 is 0 Å². The fourth-order valence-corrected chi connectivity index (χ4v) is 3.22. The predicted octanol–water partition coefficient (Wildman–Crippen LogP) is 5.31. The van der Waals surface area contributed by atoms with Crippen LogP contribution in [0.1, 0.15) is 45.2 Å². The van der Waals surface area contributed by atoms with E-state index in [0.29, 0.717) is 12.2 Å². The van der Waals surface area contributed by atoms with E-state index in [-0.39, 0.29) is 5.78 Å². The van der Waals surface area contributed by atoms with E-state index in [1.807, 2.05) is 58.0 Å². The Morgan fingerprint density at radius 1 is 1.10 bits per heavy atom. The summed E-state index contributed by atoms with van der Waals surface area (Å²) >= 11 is 0. The van der Waals surface area contributed by atoms with Crippen LogP contribution in [0.5, 0.6) is 11.5 Å². The number of nitrogens with zero attached hydrogens (tertiary/aromatic N) is 2. The summed E-state index contributed by atoms with van der Waals surface area (Å²) in [5.74, 6) is 1.55. The molecule has 0 unspecified atom stereocenters. The molecule has 0 amide bonds. The highest BCUT2D eigenvalue weighted by Gasteiger charge is 2.11. The van der Waals surface area contributed by atoms with Crippen molar-refractivity contribution in [2.24, 2.45) is 0 Å². The zero-order chi connectivity index (χ0) is 21.7. The third kappa shape index (κ3) is 4.98. The third-order valence-corrected chi connectivity index (χ3v) is 4.99. The maximum atomic E-state index is 12.6. The Balaban J connectivity index is 1.78. The van der Waals surface area contributed by atoms with Crippen LogP contribution in [0.2, 0.25) is 0 Å². The summed E-state index contributed by atoms with van der Waals surface area (Å²) in [5.41, 5.74) is 5.43. The second-order valence-electron chi connectivity index (χ2n) is 7.31. The molecule has 3 rings (SSSR count). The van der Waals surface area contributed by atoms with Crippen molar-refractivity contribution in [1.82, 2.24) is 9.78 Å². The molecule has 0 N–H and O–H groups in total. The van der Waals surface area contributed by atoms with Crippen LogP contribution in [0.3, 0.4) is 0 Å². The van der Waals surface area contributed by atoms with Gasteiger partial charge in [-0.3, -0.25) is 9.48 Å². The standard InChI is InChI=1S/C25H28N2O3/c1-6-27-15-22(19(4)26-27)23(28)11-9-20-10-12-24(29-5)21(14-20)16-30-25-13-17(2)7-8-18(25)3/h7-15H,6,16H2,1-5H3/b11-9+. The van der Waals surface area contributed by atoms with E-state index < -0.39 is 0 Å². The normalized spacial score (nSPS) is 11.1. The Hall–Kier alpha value is -3.34. The van der Waals surface area contributed by atoms with Gasteiger partial charge in [-0.05, 0) is 68.7 Å². The number of carbonyl (C=O) groups excluding carboxylic acids is 1. The summed E-state index contributed by atoms with van der Waals surface area (Å²) < 4.78 is 13.3. The van der Waals surface area contributed by atoms with Gasteiger partial charge in [-0.1, -0.05) is 24.3 Å². The molecule has 0 aliphatic heterocycles. The number of allylic oxidation sites excluding steroid dienone is 1. The van der Waals surface area contributed by atoms with Gasteiger partial charge in [0.1, 0.15) is 18.1 Å². The average molecular weight is 405 g/mol. The fourth-order valence-electron chi connectivity index (χ4n) is 3.22. The molecule has 5 heteroatoms. The summed E-state index contributed by atoms with van der Waals surface area (Å²) in [6.07, 6.45) is 5.19. The van der Waals surface area contributed by atoms with Crippen molar-refractivity contribution in [2.75, 3.05) is 7.11 Å². The lowest BCUT2D eigenvalue weighted by Crippen LogP contribution is -2.01. The van der Waals surface area contributed by atoms with Crippen LogP contribution in [0.25, 0.3) is 6.08 Å². The van der Waals surface area contributed by atoms with E-state index in [1.54, 1.807) is 24.1 Å². The SMILES string of the molecule is CCn1cc(C(=O)/C=C/c2ccc(OC)c(COc3cc(C)ccc3C)c2)c(C)n1. The Morgan fingerprint density at radius 3 is 2.60 bits per heavy atom. The maximum absolute atomic E-state index is 12.6. The van der Waals surface area contributed by atoms with Gasteiger partial charge in [-0.15, -0.1) is 0 Å². The fraction of sp³-hybridized carbons (Fsp3) is 0.280. The molecule has 156 valence electrons. The highest BCUT2D eigenvalue weighted by molar-refractivity contribution is 6.07. The number of carbonyl (C=O) groups is 1. The van der Waals surface area contributed by atoms with Gasteiger partial charge in [0.15, 0.2) is 5.78 Å². The molecule has 1 aromatic heterocycles. The quantitative estimate of drug-likeness (QED) is 0.377. The highest BCUT2D eigenvalue weighted by atomic mass is 16.5. The molecule has 0 bridgehead atoms. The zero-order valence-electron chi connectivity index (χ0n) is 18.2. The lowest BCUT2D eigenvalue weighted by Gasteiger charge is -2.13. The number of aromatic nitrogens is 2. The first-order chi connectivity index (χ1) is 14.4. The molecule has 3 aromatic rings. The number of benzene rings is 2. The van der Waals surface area contributed by atoms with E-state index in [9.17, 15) is 4.79 Å². The average Bonchev–Trinajstić information content (AvgIpc) is 3.13. The van der Waals surface area contributed by atoms with Gasteiger partial charge in [0.25, 0.3) is 0 Å². The number of aryl methyl sites for hydroxylation is 4.